The van der Waals surface area contributed by atoms with E-state index in [-0.39, 0.29) is 22.7 Å². The number of amides is 2. The summed E-state index contributed by atoms with van der Waals surface area (Å²) in [5.74, 6) is -2.42. The van der Waals surface area contributed by atoms with Crippen molar-refractivity contribution >= 4 is 56.3 Å². The molecule has 4 rings (SSSR count). The van der Waals surface area contributed by atoms with E-state index >= 15 is 0 Å². The highest BCUT2D eigenvalue weighted by Gasteiger charge is 2.47. The van der Waals surface area contributed by atoms with Gasteiger partial charge in [-0.1, -0.05) is 28.1 Å². The molecule has 1 aliphatic rings. The van der Waals surface area contributed by atoms with Crippen molar-refractivity contribution in [3.05, 3.63) is 104 Å². The highest BCUT2D eigenvalue weighted by atomic mass is 79.9. The van der Waals surface area contributed by atoms with Crippen molar-refractivity contribution in [3.63, 3.8) is 0 Å². The van der Waals surface area contributed by atoms with E-state index in [4.69, 9.17) is 0 Å². The molecule has 0 aromatic heterocycles. The number of Topliss-reactive ketones (excluding diaryl/α,β-unsaturated/α-hetero) is 1. The zero-order valence-corrected chi connectivity index (χ0v) is 19.9. The molecule has 1 fully saturated rings. The largest absolute Gasteiger partial charge is 0.507 e. The smallest absolute Gasteiger partial charge is 0.300 e. The van der Waals surface area contributed by atoms with Gasteiger partial charge in [0.05, 0.1) is 16.5 Å². The van der Waals surface area contributed by atoms with E-state index in [0.29, 0.717) is 16.9 Å². The van der Waals surface area contributed by atoms with E-state index in [2.05, 4.69) is 21.2 Å². The van der Waals surface area contributed by atoms with E-state index in [1.807, 2.05) is 0 Å². The molecule has 0 radical (unpaired) electrons. The van der Waals surface area contributed by atoms with E-state index in [0.717, 1.165) is 4.47 Å². The summed E-state index contributed by atoms with van der Waals surface area (Å²) in [6, 6.07) is 17.4. The van der Waals surface area contributed by atoms with Crippen LogP contribution in [0, 0.1) is 10.1 Å². The quantitative estimate of drug-likeness (QED) is 0.156. The van der Waals surface area contributed by atoms with E-state index in [9.17, 15) is 29.6 Å². The minimum absolute atomic E-state index is 0.142. The Hall–Kier alpha value is -4.31. The summed E-state index contributed by atoms with van der Waals surface area (Å²) in [5, 5.41) is 24.7. The first-order valence-electron chi connectivity index (χ1n) is 10.4. The summed E-state index contributed by atoms with van der Waals surface area (Å²) >= 11 is 3.37. The van der Waals surface area contributed by atoms with Crippen LogP contribution in [0.25, 0.3) is 5.76 Å². The molecule has 3 aromatic carbocycles. The molecule has 2 amide bonds. The highest BCUT2D eigenvalue weighted by molar-refractivity contribution is 9.10. The maximum Gasteiger partial charge on any atom is 0.300 e. The van der Waals surface area contributed by atoms with Gasteiger partial charge in [-0.15, -0.1) is 0 Å². The van der Waals surface area contributed by atoms with Gasteiger partial charge in [0.25, 0.3) is 17.4 Å². The number of halogens is 1. The number of nitrogens with one attached hydrogen (secondary N) is 1. The Balaban J connectivity index is 1.85. The Bertz CT molecular complexity index is 1370. The third-order valence-electron chi connectivity index (χ3n) is 5.45. The van der Waals surface area contributed by atoms with E-state index < -0.39 is 28.4 Å². The van der Waals surface area contributed by atoms with Crippen LogP contribution in [0.4, 0.5) is 17.1 Å². The van der Waals surface area contributed by atoms with Crippen LogP contribution in [-0.2, 0) is 14.4 Å². The second kappa shape index (κ2) is 9.51. The lowest BCUT2D eigenvalue weighted by atomic mass is 9.95. The summed E-state index contributed by atoms with van der Waals surface area (Å²) in [5.41, 5.74) is 1.32. The fraction of sp³-hybridized carbons (Fsp3) is 0.0800. The Kier molecular flexibility index (Phi) is 6.48. The minimum Gasteiger partial charge on any atom is -0.507 e. The Morgan fingerprint density at radius 2 is 1.60 bits per heavy atom. The maximum absolute atomic E-state index is 13.2. The maximum atomic E-state index is 13.2. The highest BCUT2D eigenvalue weighted by Crippen LogP contribution is 2.42. The van der Waals surface area contributed by atoms with Crippen molar-refractivity contribution in [1.82, 2.24) is 0 Å². The van der Waals surface area contributed by atoms with Gasteiger partial charge < -0.3 is 10.4 Å². The summed E-state index contributed by atoms with van der Waals surface area (Å²) in [6.07, 6.45) is 0. The van der Waals surface area contributed by atoms with Crippen LogP contribution in [0.3, 0.4) is 0 Å². The van der Waals surface area contributed by atoms with Gasteiger partial charge in [0.1, 0.15) is 5.76 Å². The van der Waals surface area contributed by atoms with Crippen LogP contribution < -0.4 is 10.2 Å². The van der Waals surface area contributed by atoms with Crippen molar-refractivity contribution in [1.29, 1.82) is 0 Å². The topological polar surface area (TPSA) is 130 Å². The molecule has 1 unspecified atom stereocenters. The molecule has 10 heteroatoms. The molecule has 35 heavy (non-hydrogen) atoms. The summed E-state index contributed by atoms with van der Waals surface area (Å²) in [6.45, 7) is 1.37. The molecule has 1 aliphatic heterocycles. The molecule has 0 saturated carbocycles. The molecule has 0 spiro atoms. The third kappa shape index (κ3) is 4.69. The fourth-order valence-corrected chi connectivity index (χ4v) is 4.13. The van der Waals surface area contributed by atoms with Crippen molar-refractivity contribution in [3.8, 4) is 0 Å². The van der Waals surface area contributed by atoms with Crippen molar-refractivity contribution in [2.75, 3.05) is 10.2 Å². The second-order valence-electron chi connectivity index (χ2n) is 7.75. The van der Waals surface area contributed by atoms with Gasteiger partial charge in [-0.3, -0.25) is 29.4 Å². The molecule has 1 saturated heterocycles. The first-order chi connectivity index (χ1) is 16.7. The van der Waals surface area contributed by atoms with Crippen molar-refractivity contribution in [2.45, 2.75) is 13.0 Å². The number of aliphatic hydroxyl groups is 1. The van der Waals surface area contributed by atoms with E-state index in [1.54, 1.807) is 48.5 Å². The fourth-order valence-electron chi connectivity index (χ4n) is 3.86. The number of ketones is 1. The van der Waals surface area contributed by atoms with Gasteiger partial charge in [0.15, 0.2) is 0 Å². The van der Waals surface area contributed by atoms with Crippen LogP contribution in [0.2, 0.25) is 0 Å². The number of non-ortho nitro benzene ring substituents is 1. The average molecular weight is 536 g/mol. The number of benzene rings is 3. The Morgan fingerprint density at radius 1 is 1.00 bits per heavy atom. The SMILES string of the molecule is CC(=O)Nc1ccc(N2C(=O)C(=O)/C(=C(\O)c3ccc([N+](=O)[O-])cc3)C2c2ccc(Br)cc2)cc1. The van der Waals surface area contributed by atoms with Gasteiger partial charge in [0.2, 0.25) is 5.91 Å². The van der Waals surface area contributed by atoms with Gasteiger partial charge in [-0.05, 0) is 54.1 Å². The molecule has 3 aromatic rings. The van der Waals surface area contributed by atoms with Gasteiger partial charge >= 0.3 is 0 Å². The number of nitro groups is 1. The second-order valence-corrected chi connectivity index (χ2v) is 8.67. The minimum atomic E-state index is -0.954. The number of rotatable bonds is 5. The van der Waals surface area contributed by atoms with Crippen molar-refractivity contribution in [2.24, 2.45) is 0 Å². The van der Waals surface area contributed by atoms with Crippen LogP contribution in [0.15, 0.2) is 82.8 Å². The Labute approximate surface area is 208 Å². The molecule has 2 N–H and O–H groups in total. The van der Waals surface area contributed by atoms with Gasteiger partial charge in [-0.25, -0.2) is 0 Å². The molecule has 1 heterocycles. The van der Waals surface area contributed by atoms with E-state index in [1.165, 1.54) is 36.1 Å². The van der Waals surface area contributed by atoms with Crippen LogP contribution in [-0.4, -0.2) is 27.6 Å². The predicted molar refractivity (Wildman–Crippen MR) is 133 cm³/mol. The van der Waals surface area contributed by atoms with Crippen LogP contribution >= 0.6 is 15.9 Å². The number of hydrogen-bond donors (Lipinski definition) is 2. The lowest BCUT2D eigenvalue weighted by Crippen LogP contribution is -2.29. The van der Waals surface area contributed by atoms with Gasteiger partial charge in [-0.2, -0.15) is 0 Å². The number of nitrogens with zero attached hydrogens (tertiary/aromatic N) is 2. The number of carbonyl (C=O) groups excluding carboxylic acids is 3. The molecule has 0 bridgehead atoms. The molecule has 1 atom stereocenters. The first-order valence-corrected chi connectivity index (χ1v) is 11.2. The zero-order valence-electron chi connectivity index (χ0n) is 18.3. The van der Waals surface area contributed by atoms with Crippen LogP contribution in [0.1, 0.15) is 24.1 Å². The normalized spacial score (nSPS) is 16.9. The van der Waals surface area contributed by atoms with Crippen LogP contribution in [0.5, 0.6) is 0 Å². The monoisotopic (exact) mass is 535 g/mol. The number of carbonyl (C=O) groups is 3. The summed E-state index contributed by atoms with van der Waals surface area (Å²) in [4.78, 5) is 49.3. The molecular formula is C25H18BrN3O6. The van der Waals surface area contributed by atoms with Gasteiger partial charge in [0, 0.05) is 40.5 Å². The van der Waals surface area contributed by atoms with Crippen molar-refractivity contribution < 1.29 is 24.4 Å². The molecule has 176 valence electrons. The number of nitro benzene ring substituents is 1. The summed E-state index contributed by atoms with van der Waals surface area (Å²) < 4.78 is 0.785. The predicted octanol–water partition coefficient (Wildman–Crippen LogP) is 4.94. The lowest BCUT2D eigenvalue weighted by Gasteiger charge is -2.25. The average Bonchev–Trinajstić information content (AvgIpc) is 3.10. The number of aliphatic hydroxyl groups excluding tert-OH is 1. The number of anilines is 2. The molecule has 0 aliphatic carbocycles. The Morgan fingerprint density at radius 3 is 2.14 bits per heavy atom. The lowest BCUT2D eigenvalue weighted by molar-refractivity contribution is -0.384. The third-order valence-corrected chi connectivity index (χ3v) is 5.98. The molecule has 9 nitrogen and oxygen atoms in total. The first kappa shape index (κ1) is 23.8. The standard InChI is InChI=1S/C25H18BrN3O6/c1-14(30)27-18-8-12-19(13-9-18)28-22(15-2-6-17(26)7-3-15)21(24(32)25(28)33)23(31)16-4-10-20(11-5-16)29(34)35/h2-13,22,31H,1H3,(H,27,30)/b23-21-. The number of hydrogen-bond acceptors (Lipinski definition) is 6. The summed E-state index contributed by atoms with van der Waals surface area (Å²) in [7, 11) is 0. The zero-order chi connectivity index (χ0) is 25.3. The molecular weight excluding hydrogens is 518 g/mol.